The maximum atomic E-state index is 5.91. The molecule has 1 heterocycles. The second kappa shape index (κ2) is 5.57. The molecule has 0 radical (unpaired) electrons. The number of aromatic nitrogens is 2. The van der Waals surface area contributed by atoms with Crippen LogP contribution in [0, 0.1) is 13.8 Å². The van der Waals surface area contributed by atoms with Gasteiger partial charge in [-0.25, -0.2) is 4.68 Å². The van der Waals surface area contributed by atoms with Crippen LogP contribution in [0.4, 0.5) is 0 Å². The van der Waals surface area contributed by atoms with Crippen LogP contribution in [0.3, 0.4) is 0 Å². The number of aryl methyl sites for hydroxylation is 3. The highest BCUT2D eigenvalue weighted by molar-refractivity contribution is 5.45. The molecular weight excluding hydrogens is 234 g/mol. The molecule has 0 fully saturated rings. The molecule has 2 rings (SSSR count). The van der Waals surface area contributed by atoms with Crippen LogP contribution in [0.15, 0.2) is 18.2 Å². The Morgan fingerprint density at radius 1 is 1.16 bits per heavy atom. The predicted octanol–water partition coefficient (Wildman–Crippen LogP) is 3.07. The fourth-order valence-electron chi connectivity index (χ4n) is 2.57. The van der Waals surface area contributed by atoms with E-state index in [1.807, 2.05) is 0 Å². The molecule has 0 saturated heterocycles. The van der Waals surface area contributed by atoms with Crippen molar-refractivity contribution in [2.75, 3.05) is 0 Å². The molecule has 0 aliphatic rings. The lowest BCUT2D eigenvalue weighted by atomic mass is 10.1. The zero-order valence-electron chi connectivity index (χ0n) is 12.3. The fourth-order valence-corrected chi connectivity index (χ4v) is 2.57. The van der Waals surface area contributed by atoms with Gasteiger partial charge in [-0.1, -0.05) is 26.0 Å². The SMILES string of the molecule is CCc1nn(-c2cc(C)ccc2C)c(CC)c1CN. The summed E-state index contributed by atoms with van der Waals surface area (Å²) in [5.41, 5.74) is 13.2. The van der Waals surface area contributed by atoms with Crippen LogP contribution in [0.2, 0.25) is 0 Å². The molecule has 0 amide bonds. The van der Waals surface area contributed by atoms with Gasteiger partial charge in [0.15, 0.2) is 0 Å². The summed E-state index contributed by atoms with van der Waals surface area (Å²) in [6, 6.07) is 6.49. The van der Waals surface area contributed by atoms with Gasteiger partial charge in [0.05, 0.1) is 11.4 Å². The minimum absolute atomic E-state index is 0.567. The Balaban J connectivity index is 2.67. The minimum Gasteiger partial charge on any atom is -0.326 e. The summed E-state index contributed by atoms with van der Waals surface area (Å²) >= 11 is 0. The largest absolute Gasteiger partial charge is 0.326 e. The molecular formula is C16H23N3. The molecule has 3 nitrogen and oxygen atoms in total. The van der Waals surface area contributed by atoms with Crippen LogP contribution >= 0.6 is 0 Å². The molecule has 0 aliphatic carbocycles. The molecule has 0 unspecified atom stereocenters. The molecule has 3 heteroatoms. The van der Waals surface area contributed by atoms with Gasteiger partial charge in [-0.15, -0.1) is 0 Å². The van der Waals surface area contributed by atoms with Crippen molar-refractivity contribution in [3.63, 3.8) is 0 Å². The zero-order chi connectivity index (χ0) is 14.0. The van der Waals surface area contributed by atoms with Crippen LogP contribution in [-0.2, 0) is 19.4 Å². The van der Waals surface area contributed by atoms with Crippen molar-refractivity contribution in [2.24, 2.45) is 5.73 Å². The topological polar surface area (TPSA) is 43.8 Å². The van der Waals surface area contributed by atoms with Gasteiger partial charge in [0.2, 0.25) is 0 Å². The predicted molar refractivity (Wildman–Crippen MR) is 79.7 cm³/mol. The first-order chi connectivity index (χ1) is 9.12. The molecule has 0 bridgehead atoms. The summed E-state index contributed by atoms with van der Waals surface area (Å²) in [7, 11) is 0. The van der Waals surface area contributed by atoms with Gasteiger partial charge in [0, 0.05) is 17.8 Å². The molecule has 0 spiro atoms. The van der Waals surface area contributed by atoms with Crippen LogP contribution < -0.4 is 5.73 Å². The normalized spacial score (nSPS) is 11.0. The number of rotatable bonds is 4. The maximum absolute atomic E-state index is 5.91. The highest BCUT2D eigenvalue weighted by Gasteiger charge is 2.16. The number of hydrogen-bond acceptors (Lipinski definition) is 2. The maximum Gasteiger partial charge on any atom is 0.0680 e. The monoisotopic (exact) mass is 257 g/mol. The van der Waals surface area contributed by atoms with Gasteiger partial charge in [0.1, 0.15) is 0 Å². The molecule has 102 valence electrons. The van der Waals surface area contributed by atoms with E-state index >= 15 is 0 Å². The molecule has 2 N–H and O–H groups in total. The average molecular weight is 257 g/mol. The summed E-state index contributed by atoms with van der Waals surface area (Å²) in [5, 5.41) is 4.78. The Labute approximate surface area is 115 Å². The second-order valence-corrected chi connectivity index (χ2v) is 4.98. The first-order valence-electron chi connectivity index (χ1n) is 6.99. The van der Waals surface area contributed by atoms with Gasteiger partial charge >= 0.3 is 0 Å². The molecule has 0 saturated carbocycles. The summed E-state index contributed by atoms with van der Waals surface area (Å²) in [6.07, 6.45) is 1.88. The summed E-state index contributed by atoms with van der Waals surface area (Å²) in [4.78, 5) is 0. The van der Waals surface area contributed by atoms with Crippen LogP contribution in [0.1, 0.15) is 41.9 Å². The Bertz CT molecular complexity index is 582. The van der Waals surface area contributed by atoms with Crippen LogP contribution in [0.25, 0.3) is 5.69 Å². The molecule has 0 aliphatic heterocycles. The summed E-state index contributed by atoms with van der Waals surface area (Å²) in [5.74, 6) is 0. The van der Waals surface area contributed by atoms with Crippen molar-refractivity contribution < 1.29 is 0 Å². The van der Waals surface area contributed by atoms with E-state index in [4.69, 9.17) is 10.8 Å². The Hall–Kier alpha value is -1.61. The lowest BCUT2D eigenvalue weighted by Crippen LogP contribution is -2.06. The van der Waals surface area contributed by atoms with Crippen molar-refractivity contribution in [2.45, 2.75) is 47.1 Å². The standard InChI is InChI=1S/C16H23N3/c1-5-14-13(10-17)15(6-2)19(18-14)16-9-11(3)7-8-12(16)4/h7-9H,5-6,10,17H2,1-4H3. The van der Waals surface area contributed by atoms with Crippen molar-refractivity contribution in [3.8, 4) is 5.69 Å². The highest BCUT2D eigenvalue weighted by atomic mass is 15.3. The Morgan fingerprint density at radius 2 is 1.89 bits per heavy atom. The number of nitrogens with two attached hydrogens (primary N) is 1. The lowest BCUT2D eigenvalue weighted by molar-refractivity contribution is 0.787. The van der Waals surface area contributed by atoms with E-state index in [1.165, 1.54) is 28.1 Å². The Kier molecular flexibility index (Phi) is 4.05. The Morgan fingerprint density at radius 3 is 2.47 bits per heavy atom. The van der Waals surface area contributed by atoms with Crippen LogP contribution in [-0.4, -0.2) is 9.78 Å². The van der Waals surface area contributed by atoms with E-state index < -0.39 is 0 Å². The lowest BCUT2D eigenvalue weighted by Gasteiger charge is -2.11. The quantitative estimate of drug-likeness (QED) is 0.914. The van der Waals surface area contributed by atoms with Gasteiger partial charge in [-0.05, 0) is 43.9 Å². The molecule has 0 atom stereocenters. The third-order valence-electron chi connectivity index (χ3n) is 3.64. The van der Waals surface area contributed by atoms with Crippen LogP contribution in [0.5, 0.6) is 0 Å². The highest BCUT2D eigenvalue weighted by Crippen LogP contribution is 2.23. The van der Waals surface area contributed by atoms with E-state index in [9.17, 15) is 0 Å². The van der Waals surface area contributed by atoms with Gasteiger partial charge < -0.3 is 5.73 Å². The van der Waals surface area contributed by atoms with Gasteiger partial charge in [-0.2, -0.15) is 5.10 Å². The van der Waals surface area contributed by atoms with Crippen molar-refractivity contribution in [3.05, 3.63) is 46.3 Å². The van der Waals surface area contributed by atoms with Gasteiger partial charge in [0.25, 0.3) is 0 Å². The molecule has 1 aromatic heterocycles. The van der Waals surface area contributed by atoms with E-state index in [0.717, 1.165) is 18.5 Å². The van der Waals surface area contributed by atoms with E-state index in [2.05, 4.69) is 50.6 Å². The first kappa shape index (κ1) is 13.8. The fraction of sp³-hybridized carbons (Fsp3) is 0.438. The third kappa shape index (κ3) is 2.43. The smallest absolute Gasteiger partial charge is 0.0680 e. The van der Waals surface area contributed by atoms with Crippen molar-refractivity contribution in [1.82, 2.24) is 9.78 Å². The van der Waals surface area contributed by atoms with E-state index in [1.54, 1.807) is 0 Å². The number of nitrogens with zero attached hydrogens (tertiary/aromatic N) is 2. The summed E-state index contributed by atoms with van der Waals surface area (Å²) < 4.78 is 2.09. The van der Waals surface area contributed by atoms with Gasteiger partial charge in [-0.3, -0.25) is 0 Å². The van der Waals surface area contributed by atoms with Crippen molar-refractivity contribution in [1.29, 1.82) is 0 Å². The van der Waals surface area contributed by atoms with E-state index in [0.29, 0.717) is 6.54 Å². The van der Waals surface area contributed by atoms with E-state index in [-0.39, 0.29) is 0 Å². The average Bonchev–Trinajstić information content (AvgIpc) is 2.78. The molecule has 1 aromatic carbocycles. The number of benzene rings is 1. The first-order valence-corrected chi connectivity index (χ1v) is 6.99. The third-order valence-corrected chi connectivity index (χ3v) is 3.64. The molecule has 19 heavy (non-hydrogen) atoms. The number of hydrogen-bond donors (Lipinski definition) is 1. The second-order valence-electron chi connectivity index (χ2n) is 4.98. The minimum atomic E-state index is 0.567. The molecule has 2 aromatic rings. The van der Waals surface area contributed by atoms with Crippen molar-refractivity contribution >= 4 is 0 Å². The summed E-state index contributed by atoms with van der Waals surface area (Å²) in [6.45, 7) is 9.11. The zero-order valence-corrected chi connectivity index (χ0v) is 12.3.